The molecule has 0 spiro atoms. The number of alkyl halides is 2. The third kappa shape index (κ3) is 3.17. The molecule has 0 atom stereocenters. The van der Waals surface area contributed by atoms with Crippen molar-refractivity contribution in [3.8, 4) is 5.75 Å². The topological polar surface area (TPSA) is 57.2 Å². The van der Waals surface area contributed by atoms with E-state index in [0.29, 0.717) is 12.1 Å². The zero-order valence-corrected chi connectivity index (χ0v) is 15.2. The number of aromatic nitrogens is 1. The van der Waals surface area contributed by atoms with E-state index < -0.39 is 12.5 Å². The number of rotatable bonds is 5. The van der Waals surface area contributed by atoms with Crippen molar-refractivity contribution in [3.63, 3.8) is 0 Å². The highest BCUT2D eigenvalue weighted by atomic mass is 19.3. The zero-order chi connectivity index (χ0) is 19.8. The molecule has 4 rings (SSSR count). The van der Waals surface area contributed by atoms with Gasteiger partial charge in [0.25, 0.3) is 0 Å². The Balaban J connectivity index is 1.87. The molecule has 4 nitrogen and oxygen atoms in total. The van der Waals surface area contributed by atoms with Gasteiger partial charge in [0.15, 0.2) is 0 Å². The van der Waals surface area contributed by atoms with E-state index in [-0.39, 0.29) is 5.75 Å². The predicted octanol–water partition coefficient (Wildman–Crippen LogP) is 4.85. The average Bonchev–Trinajstić information content (AvgIpc) is 2.96. The Bertz CT molecular complexity index is 1180. The van der Waals surface area contributed by atoms with Gasteiger partial charge in [-0.15, -0.1) is 0 Å². The van der Waals surface area contributed by atoms with Crippen LogP contribution in [-0.2, 0) is 6.54 Å². The van der Waals surface area contributed by atoms with Crippen LogP contribution in [-0.4, -0.2) is 17.1 Å². The third-order valence-corrected chi connectivity index (χ3v) is 4.80. The van der Waals surface area contributed by atoms with Gasteiger partial charge in [0.05, 0.1) is 5.52 Å². The van der Waals surface area contributed by atoms with Crippen molar-refractivity contribution in [3.05, 3.63) is 77.4 Å². The fraction of sp³-hybridized carbons (Fsp3) is 0.136. The molecular formula is C22H18F2N2O2. The molecule has 0 fully saturated rings. The maximum atomic E-state index is 12.4. The van der Waals surface area contributed by atoms with E-state index in [1.165, 1.54) is 12.1 Å². The lowest BCUT2D eigenvalue weighted by molar-refractivity contribution is -0.0498. The van der Waals surface area contributed by atoms with E-state index >= 15 is 0 Å². The van der Waals surface area contributed by atoms with Gasteiger partial charge in [-0.1, -0.05) is 30.3 Å². The highest BCUT2D eigenvalue weighted by Crippen LogP contribution is 2.33. The molecule has 0 saturated heterocycles. The van der Waals surface area contributed by atoms with Gasteiger partial charge in [-0.05, 0) is 48.4 Å². The first-order chi connectivity index (χ1) is 13.4. The molecule has 1 amide bonds. The largest absolute Gasteiger partial charge is 0.435 e. The number of aryl methyl sites for hydroxylation is 1. The van der Waals surface area contributed by atoms with Crippen molar-refractivity contribution in [1.82, 2.24) is 4.57 Å². The second-order valence-corrected chi connectivity index (χ2v) is 6.69. The third-order valence-electron chi connectivity index (χ3n) is 4.80. The van der Waals surface area contributed by atoms with Gasteiger partial charge in [-0.3, -0.25) is 4.79 Å². The fourth-order valence-corrected chi connectivity index (χ4v) is 3.59. The number of primary amides is 1. The molecule has 0 saturated carbocycles. The van der Waals surface area contributed by atoms with Crippen LogP contribution in [0.4, 0.5) is 8.78 Å². The minimum atomic E-state index is -2.85. The first-order valence-electron chi connectivity index (χ1n) is 8.79. The Morgan fingerprint density at radius 3 is 2.50 bits per heavy atom. The monoisotopic (exact) mass is 380 g/mol. The normalized spacial score (nSPS) is 11.4. The summed E-state index contributed by atoms with van der Waals surface area (Å²) >= 11 is 0. The van der Waals surface area contributed by atoms with Gasteiger partial charge in [-0.2, -0.15) is 8.78 Å². The van der Waals surface area contributed by atoms with E-state index in [2.05, 4.69) is 15.4 Å². The Hall–Kier alpha value is -3.41. The van der Waals surface area contributed by atoms with Crippen molar-refractivity contribution < 1.29 is 18.3 Å². The number of fused-ring (bicyclic) bond motifs is 3. The molecule has 0 bridgehead atoms. The quantitative estimate of drug-likeness (QED) is 0.538. The lowest BCUT2D eigenvalue weighted by Gasteiger charge is -2.10. The first-order valence-corrected chi connectivity index (χ1v) is 8.79. The van der Waals surface area contributed by atoms with Crippen molar-refractivity contribution in [2.75, 3.05) is 0 Å². The Morgan fingerprint density at radius 1 is 1.07 bits per heavy atom. The molecule has 6 heteroatoms. The van der Waals surface area contributed by atoms with Crippen LogP contribution in [0.1, 0.15) is 21.5 Å². The highest BCUT2D eigenvalue weighted by Gasteiger charge is 2.16. The van der Waals surface area contributed by atoms with Gasteiger partial charge in [-0.25, -0.2) is 0 Å². The molecule has 0 radical (unpaired) electrons. The minimum absolute atomic E-state index is 0.118. The summed E-state index contributed by atoms with van der Waals surface area (Å²) in [4.78, 5) is 12.0. The number of benzene rings is 3. The van der Waals surface area contributed by atoms with Gasteiger partial charge in [0, 0.05) is 28.4 Å². The predicted molar refractivity (Wildman–Crippen MR) is 105 cm³/mol. The second kappa shape index (κ2) is 6.96. The Labute approximate surface area is 160 Å². The summed E-state index contributed by atoms with van der Waals surface area (Å²) in [5, 5.41) is 1.77. The van der Waals surface area contributed by atoms with Gasteiger partial charge in [0.1, 0.15) is 5.75 Å². The summed E-state index contributed by atoms with van der Waals surface area (Å²) in [5.41, 5.74) is 9.97. The molecule has 1 aromatic heterocycles. The second-order valence-electron chi connectivity index (χ2n) is 6.69. The van der Waals surface area contributed by atoms with E-state index in [1.807, 2.05) is 31.2 Å². The van der Waals surface area contributed by atoms with Crippen LogP contribution >= 0.6 is 0 Å². The number of nitrogens with zero attached hydrogens (tertiary/aromatic N) is 1. The van der Waals surface area contributed by atoms with Crippen molar-refractivity contribution in [2.45, 2.75) is 20.1 Å². The summed E-state index contributed by atoms with van der Waals surface area (Å²) in [7, 11) is 0. The molecule has 0 aliphatic carbocycles. The van der Waals surface area contributed by atoms with Crippen molar-refractivity contribution >= 4 is 27.7 Å². The number of carbonyl (C=O) groups is 1. The first kappa shape index (κ1) is 18.0. The summed E-state index contributed by atoms with van der Waals surface area (Å²) in [6.07, 6.45) is 0. The number of hydrogen-bond acceptors (Lipinski definition) is 2. The molecule has 0 aliphatic heterocycles. The molecule has 1 heterocycles. The van der Waals surface area contributed by atoms with Gasteiger partial charge < -0.3 is 15.0 Å². The number of carbonyl (C=O) groups excluding carboxylic acids is 1. The number of hydrogen-bond donors (Lipinski definition) is 1. The van der Waals surface area contributed by atoms with E-state index in [9.17, 15) is 13.6 Å². The smallest absolute Gasteiger partial charge is 0.387 e. The van der Waals surface area contributed by atoms with E-state index in [1.54, 1.807) is 18.2 Å². The van der Waals surface area contributed by atoms with E-state index in [4.69, 9.17) is 5.73 Å². The van der Waals surface area contributed by atoms with Gasteiger partial charge in [0.2, 0.25) is 5.91 Å². The van der Waals surface area contributed by atoms with Crippen LogP contribution in [0, 0.1) is 6.92 Å². The summed E-state index contributed by atoms with van der Waals surface area (Å²) in [6, 6.07) is 18.1. The zero-order valence-electron chi connectivity index (χ0n) is 15.2. The average molecular weight is 380 g/mol. The molecule has 28 heavy (non-hydrogen) atoms. The highest BCUT2D eigenvalue weighted by molar-refractivity contribution is 6.17. The van der Waals surface area contributed by atoms with Crippen LogP contribution in [0.25, 0.3) is 21.8 Å². The summed E-state index contributed by atoms with van der Waals surface area (Å²) in [5.74, 6) is -0.355. The van der Waals surface area contributed by atoms with Crippen LogP contribution in [0.3, 0.4) is 0 Å². The standard InChI is InChI=1S/C22H18F2N2O2/c1-13-5-10-16-19(11-13)26(18-4-2-3-17(20(16)18)21(25)27)12-14-6-8-15(9-7-14)28-22(23)24/h2-11,22H,12H2,1H3,(H2,25,27). The van der Waals surface area contributed by atoms with Crippen molar-refractivity contribution in [2.24, 2.45) is 5.73 Å². The molecule has 0 aliphatic rings. The van der Waals surface area contributed by atoms with E-state index in [0.717, 1.165) is 32.9 Å². The molecule has 2 N–H and O–H groups in total. The number of halogens is 2. The Kier molecular flexibility index (Phi) is 4.47. The molecular weight excluding hydrogens is 362 g/mol. The molecule has 3 aromatic carbocycles. The minimum Gasteiger partial charge on any atom is -0.435 e. The van der Waals surface area contributed by atoms with Crippen LogP contribution in [0.15, 0.2) is 60.7 Å². The SMILES string of the molecule is Cc1ccc2c3c(C(N)=O)cccc3n(Cc3ccc(OC(F)F)cc3)c2c1. The maximum Gasteiger partial charge on any atom is 0.387 e. The number of amides is 1. The van der Waals surface area contributed by atoms with Crippen LogP contribution in [0.5, 0.6) is 5.75 Å². The summed E-state index contributed by atoms with van der Waals surface area (Å²) < 4.78 is 31.2. The lowest BCUT2D eigenvalue weighted by Crippen LogP contribution is -2.11. The lowest BCUT2D eigenvalue weighted by atomic mass is 10.1. The number of nitrogens with two attached hydrogens (primary N) is 1. The van der Waals surface area contributed by atoms with Crippen LogP contribution < -0.4 is 10.5 Å². The van der Waals surface area contributed by atoms with Gasteiger partial charge >= 0.3 is 6.61 Å². The van der Waals surface area contributed by atoms with Crippen molar-refractivity contribution in [1.29, 1.82) is 0 Å². The fourth-order valence-electron chi connectivity index (χ4n) is 3.59. The molecule has 4 aromatic rings. The number of ether oxygens (including phenoxy) is 1. The Morgan fingerprint density at radius 2 is 1.82 bits per heavy atom. The maximum absolute atomic E-state index is 12.4. The van der Waals surface area contributed by atoms with Crippen LogP contribution in [0.2, 0.25) is 0 Å². The molecule has 142 valence electrons. The molecule has 0 unspecified atom stereocenters. The summed E-state index contributed by atoms with van der Waals surface area (Å²) in [6.45, 7) is -0.327.